The lowest BCUT2D eigenvalue weighted by molar-refractivity contribution is -0.146. The molecule has 0 spiro atoms. The van der Waals surface area contributed by atoms with E-state index in [1.54, 1.807) is 26.2 Å². The molecule has 4 nitrogen and oxygen atoms in total. The van der Waals surface area contributed by atoms with Crippen molar-refractivity contribution in [3.63, 3.8) is 0 Å². The van der Waals surface area contributed by atoms with Crippen molar-refractivity contribution in [2.75, 3.05) is 0 Å². The van der Waals surface area contributed by atoms with Crippen molar-refractivity contribution >= 4 is 16.7 Å². The summed E-state index contributed by atoms with van der Waals surface area (Å²) in [4.78, 5) is 11.1. The summed E-state index contributed by atoms with van der Waals surface area (Å²) in [5, 5.41) is 18.8. The van der Waals surface area contributed by atoms with Crippen LogP contribution >= 0.6 is 0 Å². The topological polar surface area (TPSA) is 63.1 Å². The molecule has 0 fully saturated rings. The number of carboxylic acid groups (broad SMARTS) is 1. The van der Waals surface area contributed by atoms with Crippen LogP contribution in [0.25, 0.3) is 10.8 Å². The van der Waals surface area contributed by atoms with Gasteiger partial charge in [-0.25, -0.2) is 0 Å². The van der Waals surface area contributed by atoms with E-state index in [9.17, 15) is 4.79 Å². The van der Waals surface area contributed by atoms with Crippen LogP contribution in [0.1, 0.15) is 19.4 Å². The van der Waals surface area contributed by atoms with Crippen LogP contribution in [0, 0.1) is 5.41 Å². The molecule has 0 aliphatic carbocycles. The molecule has 0 amide bonds. The Morgan fingerprint density at radius 1 is 1.29 bits per heavy atom. The molecule has 0 unspecified atom stereocenters. The summed E-state index contributed by atoms with van der Waals surface area (Å²) >= 11 is 0. The minimum absolute atomic E-state index is 0.478. The number of fused-ring (bicyclic) bond motifs is 1. The minimum atomic E-state index is -0.795. The SMILES string of the molecule is CC(C)(Cc1cccc2cnncc12)C(=O)O. The summed E-state index contributed by atoms with van der Waals surface area (Å²) in [6, 6.07) is 5.80. The molecule has 2 rings (SSSR count). The van der Waals surface area contributed by atoms with Gasteiger partial charge in [0.15, 0.2) is 0 Å². The average Bonchev–Trinajstić information content (AvgIpc) is 2.29. The van der Waals surface area contributed by atoms with E-state index in [0.29, 0.717) is 6.42 Å². The van der Waals surface area contributed by atoms with Crippen molar-refractivity contribution in [2.24, 2.45) is 5.41 Å². The molecule has 1 N–H and O–H groups in total. The number of aliphatic carboxylic acids is 1. The maximum absolute atomic E-state index is 11.1. The fourth-order valence-electron chi connectivity index (χ4n) is 1.80. The summed E-state index contributed by atoms with van der Waals surface area (Å²) in [5.41, 5.74) is 0.210. The standard InChI is InChI=1S/C13H14N2O2/c1-13(2,12(16)17)6-9-4-3-5-10-7-14-15-8-11(9)10/h3-5,7-8H,6H2,1-2H3,(H,16,17). The van der Waals surface area contributed by atoms with Gasteiger partial charge in [0.1, 0.15) is 0 Å². The molecule has 88 valence electrons. The summed E-state index contributed by atoms with van der Waals surface area (Å²) < 4.78 is 0. The molecule has 0 aliphatic heterocycles. The number of aromatic nitrogens is 2. The van der Waals surface area contributed by atoms with Gasteiger partial charge < -0.3 is 5.11 Å². The minimum Gasteiger partial charge on any atom is -0.481 e. The van der Waals surface area contributed by atoms with Crippen molar-refractivity contribution in [3.8, 4) is 0 Å². The molecule has 4 heteroatoms. The van der Waals surface area contributed by atoms with Gasteiger partial charge in [-0.2, -0.15) is 10.2 Å². The predicted molar refractivity (Wildman–Crippen MR) is 64.7 cm³/mol. The number of hydrogen-bond acceptors (Lipinski definition) is 3. The molecule has 0 saturated carbocycles. The first-order chi connectivity index (χ1) is 8.00. The third-order valence-corrected chi connectivity index (χ3v) is 2.89. The van der Waals surface area contributed by atoms with Gasteiger partial charge in [0.25, 0.3) is 0 Å². The fourth-order valence-corrected chi connectivity index (χ4v) is 1.80. The van der Waals surface area contributed by atoms with Gasteiger partial charge in [-0.3, -0.25) is 4.79 Å². The Morgan fingerprint density at radius 3 is 2.71 bits per heavy atom. The highest BCUT2D eigenvalue weighted by Crippen LogP contribution is 2.26. The average molecular weight is 230 g/mol. The number of benzene rings is 1. The lowest BCUT2D eigenvalue weighted by Crippen LogP contribution is -2.26. The highest BCUT2D eigenvalue weighted by atomic mass is 16.4. The van der Waals surface area contributed by atoms with Crippen LogP contribution in [0.4, 0.5) is 0 Å². The number of hydrogen-bond donors (Lipinski definition) is 1. The van der Waals surface area contributed by atoms with E-state index in [1.807, 2.05) is 18.2 Å². The molecular formula is C13H14N2O2. The first-order valence-electron chi connectivity index (χ1n) is 5.42. The summed E-state index contributed by atoms with van der Waals surface area (Å²) in [6.07, 6.45) is 3.85. The quantitative estimate of drug-likeness (QED) is 0.878. The van der Waals surface area contributed by atoms with E-state index in [1.165, 1.54) is 0 Å². The van der Waals surface area contributed by atoms with E-state index in [0.717, 1.165) is 16.3 Å². The molecule has 0 saturated heterocycles. The number of nitrogens with zero attached hydrogens (tertiary/aromatic N) is 2. The van der Waals surface area contributed by atoms with Crippen LogP contribution in [0.3, 0.4) is 0 Å². The molecule has 1 aromatic heterocycles. The Balaban J connectivity index is 2.46. The Hall–Kier alpha value is -1.97. The third kappa shape index (κ3) is 2.25. The Labute approximate surface area is 99.3 Å². The maximum Gasteiger partial charge on any atom is 0.309 e. The fraction of sp³-hybridized carbons (Fsp3) is 0.308. The van der Waals surface area contributed by atoms with E-state index in [2.05, 4.69) is 10.2 Å². The molecule has 0 aliphatic rings. The van der Waals surface area contributed by atoms with Crippen molar-refractivity contribution in [1.82, 2.24) is 10.2 Å². The first kappa shape index (κ1) is 11.5. The van der Waals surface area contributed by atoms with E-state index < -0.39 is 11.4 Å². The highest BCUT2D eigenvalue weighted by molar-refractivity contribution is 5.85. The highest BCUT2D eigenvalue weighted by Gasteiger charge is 2.27. The predicted octanol–water partition coefficient (Wildman–Crippen LogP) is 2.28. The molecule has 0 atom stereocenters. The van der Waals surface area contributed by atoms with E-state index in [-0.39, 0.29) is 0 Å². The molecule has 0 radical (unpaired) electrons. The summed E-state index contributed by atoms with van der Waals surface area (Å²) in [5.74, 6) is -0.795. The largest absolute Gasteiger partial charge is 0.481 e. The van der Waals surface area contributed by atoms with Gasteiger partial charge in [-0.05, 0) is 25.8 Å². The molecule has 0 bridgehead atoms. The Kier molecular flexibility index (Phi) is 2.79. The van der Waals surface area contributed by atoms with Crippen LogP contribution in [-0.4, -0.2) is 21.3 Å². The van der Waals surface area contributed by atoms with Crippen molar-refractivity contribution in [3.05, 3.63) is 36.2 Å². The van der Waals surface area contributed by atoms with E-state index >= 15 is 0 Å². The monoisotopic (exact) mass is 230 g/mol. The van der Waals surface area contributed by atoms with Crippen LogP contribution in [-0.2, 0) is 11.2 Å². The number of rotatable bonds is 3. The Bertz CT molecular complexity index is 559. The van der Waals surface area contributed by atoms with Gasteiger partial charge >= 0.3 is 5.97 Å². The Morgan fingerprint density at radius 2 is 2.00 bits per heavy atom. The number of carboxylic acids is 1. The van der Waals surface area contributed by atoms with Crippen molar-refractivity contribution in [2.45, 2.75) is 20.3 Å². The lowest BCUT2D eigenvalue weighted by Gasteiger charge is -2.19. The molecule has 1 heterocycles. The molecule has 1 aromatic carbocycles. The molecule has 17 heavy (non-hydrogen) atoms. The van der Waals surface area contributed by atoms with Gasteiger partial charge in [-0.15, -0.1) is 0 Å². The van der Waals surface area contributed by atoms with Crippen LogP contribution in [0.15, 0.2) is 30.6 Å². The van der Waals surface area contributed by atoms with Crippen LogP contribution in [0.2, 0.25) is 0 Å². The zero-order chi connectivity index (χ0) is 12.5. The van der Waals surface area contributed by atoms with Gasteiger partial charge in [-0.1, -0.05) is 18.2 Å². The lowest BCUT2D eigenvalue weighted by atomic mass is 9.85. The van der Waals surface area contributed by atoms with Crippen molar-refractivity contribution < 1.29 is 9.90 Å². The maximum atomic E-state index is 11.1. The smallest absolute Gasteiger partial charge is 0.309 e. The molecule has 2 aromatic rings. The second kappa shape index (κ2) is 4.13. The zero-order valence-electron chi connectivity index (χ0n) is 9.84. The third-order valence-electron chi connectivity index (χ3n) is 2.89. The van der Waals surface area contributed by atoms with E-state index in [4.69, 9.17) is 5.11 Å². The van der Waals surface area contributed by atoms with Crippen molar-refractivity contribution in [1.29, 1.82) is 0 Å². The first-order valence-corrected chi connectivity index (χ1v) is 5.42. The second-order valence-corrected chi connectivity index (χ2v) is 4.77. The van der Waals surface area contributed by atoms with Gasteiger partial charge in [0.2, 0.25) is 0 Å². The summed E-state index contributed by atoms with van der Waals surface area (Å²) in [6.45, 7) is 3.45. The molecular weight excluding hydrogens is 216 g/mol. The summed E-state index contributed by atoms with van der Waals surface area (Å²) in [7, 11) is 0. The van der Waals surface area contributed by atoms with Crippen LogP contribution in [0.5, 0.6) is 0 Å². The second-order valence-electron chi connectivity index (χ2n) is 4.77. The number of carbonyl (C=O) groups is 1. The van der Waals surface area contributed by atoms with Crippen LogP contribution < -0.4 is 0 Å². The van der Waals surface area contributed by atoms with Gasteiger partial charge in [0.05, 0.1) is 17.8 Å². The zero-order valence-corrected chi connectivity index (χ0v) is 9.84. The normalized spacial score (nSPS) is 11.6. The van der Waals surface area contributed by atoms with Gasteiger partial charge in [0, 0.05) is 10.8 Å².